The highest BCUT2D eigenvalue weighted by Gasteiger charge is 2.30. The van der Waals surface area contributed by atoms with Crippen molar-refractivity contribution in [3.05, 3.63) is 46.2 Å². The van der Waals surface area contributed by atoms with Crippen molar-refractivity contribution < 1.29 is 13.2 Å². The second-order valence-electron chi connectivity index (χ2n) is 3.96. The third kappa shape index (κ3) is 2.54. The van der Waals surface area contributed by atoms with Gasteiger partial charge in [0, 0.05) is 5.56 Å². The van der Waals surface area contributed by atoms with Gasteiger partial charge in [0.2, 0.25) is 0 Å². The van der Waals surface area contributed by atoms with E-state index in [0.717, 1.165) is 12.1 Å². The van der Waals surface area contributed by atoms with Crippen LogP contribution in [0, 0.1) is 0 Å². The third-order valence-electron chi connectivity index (χ3n) is 2.60. The van der Waals surface area contributed by atoms with Crippen LogP contribution >= 0.6 is 0 Å². The van der Waals surface area contributed by atoms with Crippen molar-refractivity contribution in [3.63, 3.8) is 0 Å². The number of nitrogen functional groups attached to an aromatic ring is 2. The van der Waals surface area contributed by atoms with Crippen LogP contribution in [0.2, 0.25) is 0 Å². The highest BCUT2D eigenvalue weighted by Crippen LogP contribution is 2.31. The molecule has 100 valence electrons. The maximum atomic E-state index is 12.4. The van der Waals surface area contributed by atoms with Gasteiger partial charge in [0.15, 0.2) is 0 Å². The first-order valence-corrected chi connectivity index (χ1v) is 5.25. The molecule has 1 heterocycles. The summed E-state index contributed by atoms with van der Waals surface area (Å²) in [6, 6.07) is 5.58. The van der Waals surface area contributed by atoms with Gasteiger partial charge in [-0.15, -0.1) is 0 Å². The minimum absolute atomic E-state index is 0.0480. The Bertz CT molecular complexity index is 659. The van der Waals surface area contributed by atoms with E-state index in [1.807, 2.05) is 0 Å². The lowest BCUT2D eigenvalue weighted by Gasteiger charge is -2.09. The van der Waals surface area contributed by atoms with Crippen molar-refractivity contribution >= 4 is 11.4 Å². The van der Waals surface area contributed by atoms with Crippen LogP contribution in [-0.2, 0) is 6.18 Å². The highest BCUT2D eigenvalue weighted by molar-refractivity contribution is 5.74. The van der Waals surface area contributed by atoms with Crippen molar-refractivity contribution in [3.8, 4) is 11.3 Å². The molecular weight excluding hydrogens is 259 g/mol. The van der Waals surface area contributed by atoms with E-state index in [1.165, 1.54) is 18.2 Å². The van der Waals surface area contributed by atoms with Crippen LogP contribution < -0.4 is 17.0 Å². The minimum Gasteiger partial charge on any atom is -0.397 e. The standard InChI is InChI=1S/C12H10F3N3O/c13-12(14,15)7-3-1-6(2-4-7)10-8(16)5-9(17)11(19)18-10/h1-5H,16-17H2,(H,18,19). The summed E-state index contributed by atoms with van der Waals surface area (Å²) in [5, 5.41) is 0. The number of benzene rings is 1. The van der Waals surface area contributed by atoms with Gasteiger partial charge in [0.05, 0.1) is 22.6 Å². The molecule has 0 saturated carbocycles. The number of anilines is 2. The number of rotatable bonds is 1. The summed E-state index contributed by atoms with van der Waals surface area (Å²) in [4.78, 5) is 13.8. The lowest BCUT2D eigenvalue weighted by atomic mass is 10.1. The summed E-state index contributed by atoms with van der Waals surface area (Å²) in [6.45, 7) is 0. The van der Waals surface area contributed by atoms with E-state index >= 15 is 0 Å². The van der Waals surface area contributed by atoms with Gasteiger partial charge >= 0.3 is 6.18 Å². The van der Waals surface area contributed by atoms with Gasteiger partial charge in [-0.3, -0.25) is 4.79 Å². The molecule has 1 aromatic carbocycles. The number of aromatic amines is 1. The maximum absolute atomic E-state index is 12.4. The molecule has 7 heteroatoms. The fourth-order valence-corrected chi connectivity index (χ4v) is 1.63. The van der Waals surface area contributed by atoms with Crippen molar-refractivity contribution in [1.29, 1.82) is 0 Å². The number of alkyl halides is 3. The number of aromatic nitrogens is 1. The van der Waals surface area contributed by atoms with Crippen molar-refractivity contribution in [2.75, 3.05) is 11.5 Å². The van der Waals surface area contributed by atoms with E-state index in [9.17, 15) is 18.0 Å². The Labute approximate surface area is 105 Å². The molecule has 0 radical (unpaired) electrons. The number of hydrogen-bond acceptors (Lipinski definition) is 3. The monoisotopic (exact) mass is 269 g/mol. The van der Waals surface area contributed by atoms with Crippen molar-refractivity contribution in [1.82, 2.24) is 4.98 Å². The predicted molar refractivity (Wildman–Crippen MR) is 66.3 cm³/mol. The molecule has 0 unspecified atom stereocenters. The first-order valence-electron chi connectivity index (χ1n) is 5.25. The fourth-order valence-electron chi connectivity index (χ4n) is 1.63. The van der Waals surface area contributed by atoms with Crippen molar-refractivity contribution in [2.24, 2.45) is 0 Å². The summed E-state index contributed by atoms with van der Waals surface area (Å²) < 4.78 is 37.3. The van der Waals surface area contributed by atoms with Gasteiger partial charge in [-0.25, -0.2) is 0 Å². The Balaban J connectivity index is 2.49. The zero-order valence-corrected chi connectivity index (χ0v) is 9.58. The third-order valence-corrected chi connectivity index (χ3v) is 2.60. The van der Waals surface area contributed by atoms with Crippen LogP contribution in [0.1, 0.15) is 5.56 Å². The van der Waals surface area contributed by atoms with Gasteiger partial charge in [0.25, 0.3) is 5.56 Å². The van der Waals surface area contributed by atoms with Crippen LogP contribution in [0.5, 0.6) is 0 Å². The molecule has 2 aromatic rings. The number of pyridine rings is 1. The first kappa shape index (κ1) is 13.0. The van der Waals surface area contributed by atoms with Crippen LogP contribution in [-0.4, -0.2) is 4.98 Å². The molecule has 0 fully saturated rings. The average Bonchev–Trinajstić information content (AvgIpc) is 2.33. The predicted octanol–water partition coefficient (Wildman–Crippen LogP) is 2.23. The van der Waals surface area contributed by atoms with E-state index in [1.54, 1.807) is 0 Å². The molecule has 0 aliphatic rings. The molecule has 19 heavy (non-hydrogen) atoms. The lowest BCUT2D eigenvalue weighted by molar-refractivity contribution is -0.137. The normalized spacial score (nSPS) is 11.5. The molecule has 0 saturated heterocycles. The summed E-state index contributed by atoms with van der Waals surface area (Å²) in [6.07, 6.45) is -4.40. The Morgan fingerprint density at radius 2 is 1.58 bits per heavy atom. The molecule has 4 nitrogen and oxygen atoms in total. The molecule has 0 bridgehead atoms. The minimum atomic E-state index is -4.40. The topological polar surface area (TPSA) is 84.9 Å². The van der Waals surface area contributed by atoms with Gasteiger partial charge < -0.3 is 16.5 Å². The Kier molecular flexibility index (Phi) is 2.97. The molecule has 1 aromatic heterocycles. The first-order chi connectivity index (χ1) is 8.79. The van der Waals surface area contributed by atoms with E-state index in [2.05, 4.69) is 4.98 Å². The average molecular weight is 269 g/mol. The number of halogens is 3. The van der Waals surface area contributed by atoms with Crippen LogP contribution in [0.3, 0.4) is 0 Å². The Morgan fingerprint density at radius 3 is 2.11 bits per heavy atom. The smallest absolute Gasteiger partial charge is 0.397 e. The largest absolute Gasteiger partial charge is 0.416 e. The van der Waals surface area contributed by atoms with Crippen LogP contribution in [0.4, 0.5) is 24.5 Å². The quantitative estimate of drug-likeness (QED) is 0.742. The molecule has 0 aliphatic heterocycles. The van der Waals surface area contributed by atoms with E-state index < -0.39 is 17.3 Å². The number of nitrogens with one attached hydrogen (secondary N) is 1. The van der Waals surface area contributed by atoms with E-state index in [-0.39, 0.29) is 17.1 Å². The van der Waals surface area contributed by atoms with E-state index in [0.29, 0.717) is 5.56 Å². The van der Waals surface area contributed by atoms with E-state index in [4.69, 9.17) is 11.5 Å². The van der Waals surface area contributed by atoms with Gasteiger partial charge in [0.1, 0.15) is 0 Å². The fraction of sp³-hybridized carbons (Fsp3) is 0.0833. The second kappa shape index (κ2) is 4.34. The number of hydrogen-bond donors (Lipinski definition) is 3. The van der Waals surface area contributed by atoms with Crippen LogP contribution in [0.25, 0.3) is 11.3 Å². The highest BCUT2D eigenvalue weighted by atomic mass is 19.4. The molecule has 0 amide bonds. The Morgan fingerprint density at radius 1 is 1.00 bits per heavy atom. The number of H-pyrrole nitrogens is 1. The Hall–Kier alpha value is -2.44. The number of nitrogens with two attached hydrogens (primary N) is 2. The van der Waals surface area contributed by atoms with Gasteiger partial charge in [-0.1, -0.05) is 12.1 Å². The summed E-state index contributed by atoms with van der Waals surface area (Å²) in [5.41, 5.74) is 10.5. The van der Waals surface area contributed by atoms with Crippen LogP contribution in [0.15, 0.2) is 35.1 Å². The summed E-state index contributed by atoms with van der Waals surface area (Å²) in [5.74, 6) is 0. The molecule has 0 atom stereocenters. The lowest BCUT2D eigenvalue weighted by Crippen LogP contribution is -2.13. The summed E-state index contributed by atoms with van der Waals surface area (Å²) in [7, 11) is 0. The second-order valence-corrected chi connectivity index (χ2v) is 3.96. The molecule has 5 N–H and O–H groups in total. The van der Waals surface area contributed by atoms with Gasteiger partial charge in [-0.2, -0.15) is 13.2 Å². The molecular formula is C12H10F3N3O. The van der Waals surface area contributed by atoms with Crippen molar-refractivity contribution in [2.45, 2.75) is 6.18 Å². The zero-order chi connectivity index (χ0) is 14.2. The molecule has 0 spiro atoms. The van der Waals surface area contributed by atoms with Gasteiger partial charge in [-0.05, 0) is 18.2 Å². The molecule has 2 rings (SSSR count). The molecule has 0 aliphatic carbocycles. The maximum Gasteiger partial charge on any atom is 0.416 e. The summed E-state index contributed by atoms with van der Waals surface area (Å²) >= 11 is 0. The zero-order valence-electron chi connectivity index (χ0n) is 9.58. The SMILES string of the molecule is Nc1cc(N)c(=O)[nH]c1-c1ccc(C(F)(F)F)cc1.